The van der Waals surface area contributed by atoms with Gasteiger partial charge in [-0.25, -0.2) is 4.39 Å². The minimum absolute atomic E-state index is 0.142. The van der Waals surface area contributed by atoms with Gasteiger partial charge in [0.1, 0.15) is 5.82 Å². The Hall–Kier alpha value is -3.52. The summed E-state index contributed by atoms with van der Waals surface area (Å²) < 4.78 is 15.2. The van der Waals surface area contributed by atoms with E-state index in [1.165, 1.54) is 23.9 Å². The van der Waals surface area contributed by atoms with Crippen LogP contribution in [-0.2, 0) is 4.79 Å². The summed E-state index contributed by atoms with van der Waals surface area (Å²) in [5.41, 5.74) is 3.81. The van der Waals surface area contributed by atoms with Crippen LogP contribution < -0.4 is 5.32 Å². The van der Waals surface area contributed by atoms with Gasteiger partial charge in [0.2, 0.25) is 5.91 Å². The van der Waals surface area contributed by atoms with Gasteiger partial charge in [0, 0.05) is 18.0 Å². The molecule has 0 radical (unpaired) electrons. The number of thioether (sulfide) groups is 1. The van der Waals surface area contributed by atoms with E-state index in [0.29, 0.717) is 11.0 Å². The van der Waals surface area contributed by atoms with Gasteiger partial charge in [-0.05, 0) is 54.3 Å². The van der Waals surface area contributed by atoms with Crippen molar-refractivity contribution < 1.29 is 9.18 Å². The highest BCUT2D eigenvalue weighted by molar-refractivity contribution is 7.99. The topological polar surface area (TPSA) is 72.7 Å². The van der Waals surface area contributed by atoms with Crippen LogP contribution in [0.3, 0.4) is 0 Å². The number of carbonyl (C=O) groups is 1. The molecule has 2 heterocycles. The van der Waals surface area contributed by atoms with Crippen molar-refractivity contribution in [2.75, 3.05) is 5.75 Å². The summed E-state index contributed by atoms with van der Waals surface area (Å²) in [6.45, 7) is 6.16. The molecule has 1 N–H and O–H groups in total. The monoisotopic (exact) mass is 475 g/mol. The van der Waals surface area contributed by atoms with Gasteiger partial charge in [-0.3, -0.25) is 14.3 Å². The van der Waals surface area contributed by atoms with E-state index in [4.69, 9.17) is 0 Å². The molecule has 0 fully saturated rings. The second-order valence-electron chi connectivity index (χ2n) is 8.23. The number of pyridine rings is 1. The van der Waals surface area contributed by atoms with Crippen molar-refractivity contribution in [3.63, 3.8) is 0 Å². The molecule has 0 saturated heterocycles. The first-order chi connectivity index (χ1) is 16.4. The lowest BCUT2D eigenvalue weighted by Gasteiger charge is -2.17. The highest BCUT2D eigenvalue weighted by Gasteiger charge is 2.20. The molecule has 34 heavy (non-hydrogen) atoms. The Morgan fingerprint density at radius 1 is 1.03 bits per heavy atom. The Bertz CT molecular complexity index is 1260. The van der Waals surface area contributed by atoms with Crippen molar-refractivity contribution >= 4 is 17.7 Å². The highest BCUT2D eigenvalue weighted by Crippen LogP contribution is 2.32. The summed E-state index contributed by atoms with van der Waals surface area (Å²) in [5, 5.41) is 12.4. The van der Waals surface area contributed by atoms with Gasteiger partial charge in [-0.15, -0.1) is 10.2 Å². The zero-order chi connectivity index (χ0) is 24.1. The van der Waals surface area contributed by atoms with E-state index < -0.39 is 0 Å². The molecule has 0 aliphatic heterocycles. The Labute approximate surface area is 202 Å². The van der Waals surface area contributed by atoms with Crippen LogP contribution in [0.2, 0.25) is 0 Å². The summed E-state index contributed by atoms with van der Waals surface area (Å²) in [7, 11) is 0. The van der Waals surface area contributed by atoms with Crippen molar-refractivity contribution in [2.45, 2.75) is 37.9 Å². The maximum absolute atomic E-state index is 13.2. The van der Waals surface area contributed by atoms with Gasteiger partial charge in [-0.2, -0.15) is 0 Å². The Kier molecular flexibility index (Phi) is 7.37. The number of rotatable bonds is 8. The van der Waals surface area contributed by atoms with E-state index in [9.17, 15) is 9.18 Å². The Morgan fingerprint density at radius 3 is 2.50 bits per heavy atom. The first-order valence-electron chi connectivity index (χ1n) is 11.1. The molecule has 1 unspecified atom stereocenters. The number of carbonyl (C=O) groups excluding carboxylic acids is 1. The fourth-order valence-corrected chi connectivity index (χ4v) is 4.45. The number of halogens is 1. The van der Waals surface area contributed by atoms with Gasteiger partial charge in [0.25, 0.3) is 0 Å². The van der Waals surface area contributed by atoms with E-state index in [1.807, 2.05) is 41.8 Å². The molecule has 4 aromatic rings. The van der Waals surface area contributed by atoms with Crippen molar-refractivity contribution in [3.05, 3.63) is 90.0 Å². The van der Waals surface area contributed by atoms with Crippen LogP contribution in [0, 0.1) is 5.82 Å². The SMILES string of the molecule is CC(C)c1ccccc1-n1c(SCC(=O)NC(C)c2ccc(F)cc2)nnc1-c1cccnc1. The van der Waals surface area contributed by atoms with E-state index >= 15 is 0 Å². The third-order valence-corrected chi connectivity index (χ3v) is 6.36. The summed E-state index contributed by atoms with van der Waals surface area (Å²) >= 11 is 1.32. The molecular weight excluding hydrogens is 449 g/mol. The molecule has 0 spiro atoms. The fraction of sp³-hybridized carbons (Fsp3) is 0.231. The molecule has 0 bridgehead atoms. The number of amides is 1. The van der Waals surface area contributed by atoms with E-state index in [1.54, 1.807) is 24.5 Å². The molecule has 2 aromatic heterocycles. The predicted octanol–water partition coefficient (Wildman–Crippen LogP) is 5.56. The van der Waals surface area contributed by atoms with Crippen LogP contribution in [0.4, 0.5) is 4.39 Å². The lowest BCUT2D eigenvalue weighted by molar-refractivity contribution is -0.119. The van der Waals surface area contributed by atoms with Crippen LogP contribution in [0.25, 0.3) is 17.1 Å². The number of hydrogen-bond donors (Lipinski definition) is 1. The van der Waals surface area contributed by atoms with Gasteiger partial charge in [-0.1, -0.05) is 55.9 Å². The minimum Gasteiger partial charge on any atom is -0.349 e. The highest BCUT2D eigenvalue weighted by atomic mass is 32.2. The lowest BCUT2D eigenvalue weighted by atomic mass is 10.0. The van der Waals surface area contributed by atoms with E-state index in [2.05, 4.69) is 40.4 Å². The van der Waals surface area contributed by atoms with Gasteiger partial charge < -0.3 is 5.32 Å². The number of para-hydroxylation sites is 1. The summed E-state index contributed by atoms with van der Waals surface area (Å²) in [6.07, 6.45) is 3.47. The van der Waals surface area contributed by atoms with Gasteiger partial charge >= 0.3 is 0 Å². The zero-order valence-electron chi connectivity index (χ0n) is 19.3. The van der Waals surface area contributed by atoms with Crippen LogP contribution in [0.5, 0.6) is 0 Å². The molecule has 174 valence electrons. The normalized spacial score (nSPS) is 12.0. The van der Waals surface area contributed by atoms with E-state index in [0.717, 1.165) is 22.4 Å². The molecular formula is C26H26FN5OS. The average molecular weight is 476 g/mol. The maximum atomic E-state index is 13.2. The quantitative estimate of drug-likeness (QED) is 0.338. The predicted molar refractivity (Wildman–Crippen MR) is 132 cm³/mol. The third kappa shape index (κ3) is 5.34. The first-order valence-corrected chi connectivity index (χ1v) is 12.1. The largest absolute Gasteiger partial charge is 0.349 e. The molecule has 4 rings (SSSR count). The molecule has 2 aromatic carbocycles. The smallest absolute Gasteiger partial charge is 0.230 e. The fourth-order valence-electron chi connectivity index (χ4n) is 3.69. The maximum Gasteiger partial charge on any atom is 0.230 e. The second kappa shape index (κ2) is 10.6. The lowest BCUT2D eigenvalue weighted by Crippen LogP contribution is -2.28. The molecule has 1 atom stereocenters. The van der Waals surface area contributed by atoms with Crippen LogP contribution in [0.1, 0.15) is 43.9 Å². The average Bonchev–Trinajstić information content (AvgIpc) is 3.27. The minimum atomic E-state index is -0.303. The van der Waals surface area contributed by atoms with Crippen LogP contribution >= 0.6 is 11.8 Å². The molecule has 1 amide bonds. The number of hydrogen-bond acceptors (Lipinski definition) is 5. The van der Waals surface area contributed by atoms with Crippen molar-refractivity contribution in [1.29, 1.82) is 0 Å². The van der Waals surface area contributed by atoms with Crippen LogP contribution in [-0.4, -0.2) is 31.4 Å². The van der Waals surface area contributed by atoms with Gasteiger partial charge in [0.05, 0.1) is 17.5 Å². The van der Waals surface area contributed by atoms with Crippen LogP contribution in [0.15, 0.2) is 78.2 Å². The molecule has 0 saturated carbocycles. The summed E-state index contributed by atoms with van der Waals surface area (Å²) in [5.74, 6) is 0.683. The zero-order valence-corrected chi connectivity index (χ0v) is 20.1. The van der Waals surface area contributed by atoms with Gasteiger partial charge in [0.15, 0.2) is 11.0 Å². The Morgan fingerprint density at radius 2 is 1.79 bits per heavy atom. The molecule has 0 aliphatic rings. The van der Waals surface area contributed by atoms with Crippen molar-refractivity contribution in [1.82, 2.24) is 25.1 Å². The van der Waals surface area contributed by atoms with Crippen molar-refractivity contribution in [2.24, 2.45) is 0 Å². The molecule has 8 heteroatoms. The summed E-state index contributed by atoms with van der Waals surface area (Å²) in [4.78, 5) is 16.9. The number of nitrogens with zero attached hydrogens (tertiary/aromatic N) is 4. The second-order valence-corrected chi connectivity index (χ2v) is 9.17. The standard InChI is InChI=1S/C26H26FN5OS/c1-17(2)22-8-4-5-9-23(22)32-25(20-7-6-14-28-15-20)30-31-26(32)34-16-24(33)29-18(3)19-10-12-21(27)13-11-19/h4-15,17-18H,16H2,1-3H3,(H,29,33). The van der Waals surface area contributed by atoms with Crippen molar-refractivity contribution in [3.8, 4) is 17.1 Å². The van der Waals surface area contributed by atoms with E-state index in [-0.39, 0.29) is 29.4 Å². The Balaban J connectivity index is 1.59. The third-order valence-electron chi connectivity index (χ3n) is 5.43. The number of aromatic nitrogens is 4. The number of benzene rings is 2. The number of nitrogens with one attached hydrogen (secondary N) is 1. The molecule has 0 aliphatic carbocycles. The first kappa shape index (κ1) is 23.6. The molecule has 6 nitrogen and oxygen atoms in total. The summed E-state index contributed by atoms with van der Waals surface area (Å²) in [6, 6.07) is 17.8.